The number of thiophene rings is 1. The molecular formula is C18H23N3O4S. The summed E-state index contributed by atoms with van der Waals surface area (Å²) in [6.45, 7) is 5.59. The highest BCUT2D eigenvalue weighted by Crippen LogP contribution is 2.27. The number of carbonyl (C=O) groups excluding carboxylic acids is 2. The maximum Gasteiger partial charge on any atom is 0.257 e. The first-order chi connectivity index (χ1) is 12.6. The van der Waals surface area contributed by atoms with Crippen molar-refractivity contribution in [1.29, 1.82) is 0 Å². The number of ketones is 1. The van der Waals surface area contributed by atoms with E-state index in [0.717, 1.165) is 24.3 Å². The highest BCUT2D eigenvalue weighted by molar-refractivity contribution is 7.17. The Morgan fingerprint density at radius 2 is 2.19 bits per heavy atom. The second kappa shape index (κ2) is 8.55. The zero-order chi connectivity index (χ0) is 18.5. The van der Waals surface area contributed by atoms with Gasteiger partial charge in [-0.3, -0.25) is 9.59 Å². The minimum absolute atomic E-state index is 0.0116. The Morgan fingerprint density at radius 3 is 2.85 bits per heavy atom. The molecule has 1 amide bonds. The first kappa shape index (κ1) is 18.7. The number of aryl methyl sites for hydroxylation is 1. The van der Waals surface area contributed by atoms with Crippen LogP contribution in [0.3, 0.4) is 0 Å². The van der Waals surface area contributed by atoms with Crippen LogP contribution in [0.2, 0.25) is 0 Å². The Hall–Kier alpha value is -2.06. The molecule has 26 heavy (non-hydrogen) atoms. The molecule has 140 valence electrons. The van der Waals surface area contributed by atoms with Gasteiger partial charge in [0.2, 0.25) is 11.8 Å². The van der Waals surface area contributed by atoms with Crippen molar-refractivity contribution in [2.75, 3.05) is 19.7 Å². The van der Waals surface area contributed by atoms with Crippen molar-refractivity contribution in [1.82, 2.24) is 15.1 Å². The molecule has 2 aromatic heterocycles. The summed E-state index contributed by atoms with van der Waals surface area (Å²) in [5, 5.41) is 8.04. The van der Waals surface area contributed by atoms with E-state index < -0.39 is 0 Å². The Balaban J connectivity index is 1.54. The van der Waals surface area contributed by atoms with Gasteiger partial charge in [-0.05, 0) is 38.8 Å². The normalized spacial score (nSPS) is 16.8. The average molecular weight is 377 g/mol. The maximum atomic E-state index is 12.4. The van der Waals surface area contributed by atoms with Gasteiger partial charge >= 0.3 is 0 Å². The molecule has 0 N–H and O–H groups in total. The zero-order valence-corrected chi connectivity index (χ0v) is 15.9. The molecule has 7 nitrogen and oxygen atoms in total. The van der Waals surface area contributed by atoms with Crippen LogP contribution < -0.4 is 0 Å². The van der Waals surface area contributed by atoms with E-state index in [2.05, 4.69) is 10.2 Å². The van der Waals surface area contributed by atoms with Gasteiger partial charge in [-0.1, -0.05) is 0 Å². The average Bonchev–Trinajstić information content (AvgIpc) is 3.38. The number of Topliss-reactive ketones (excluding diaryl/α,β-unsaturated/α-hetero) is 1. The molecule has 1 atom stereocenters. The molecule has 2 aromatic rings. The van der Waals surface area contributed by atoms with Gasteiger partial charge < -0.3 is 14.1 Å². The summed E-state index contributed by atoms with van der Waals surface area (Å²) in [6.07, 6.45) is 2.96. The fourth-order valence-corrected chi connectivity index (χ4v) is 3.73. The molecule has 1 aliphatic rings. The van der Waals surface area contributed by atoms with Gasteiger partial charge in [0, 0.05) is 32.5 Å². The van der Waals surface area contributed by atoms with Gasteiger partial charge in [0.05, 0.1) is 15.9 Å². The summed E-state index contributed by atoms with van der Waals surface area (Å²) in [5.41, 5.74) is 0. The Kier molecular flexibility index (Phi) is 6.16. The van der Waals surface area contributed by atoms with Gasteiger partial charge in [-0.25, -0.2) is 0 Å². The summed E-state index contributed by atoms with van der Waals surface area (Å²) < 4.78 is 11.3. The van der Waals surface area contributed by atoms with E-state index in [0.29, 0.717) is 42.6 Å². The number of hydrogen-bond donors (Lipinski definition) is 0. The highest BCUT2D eigenvalue weighted by atomic mass is 32.1. The van der Waals surface area contributed by atoms with E-state index in [1.54, 1.807) is 12.1 Å². The van der Waals surface area contributed by atoms with E-state index in [4.69, 9.17) is 9.15 Å². The highest BCUT2D eigenvalue weighted by Gasteiger charge is 2.22. The third kappa shape index (κ3) is 4.56. The smallest absolute Gasteiger partial charge is 0.257 e. The molecule has 3 heterocycles. The van der Waals surface area contributed by atoms with Gasteiger partial charge in [-0.2, -0.15) is 0 Å². The fraction of sp³-hybridized carbons (Fsp3) is 0.556. The predicted octanol–water partition coefficient (Wildman–Crippen LogP) is 2.96. The summed E-state index contributed by atoms with van der Waals surface area (Å²) >= 11 is 1.32. The first-order valence-electron chi connectivity index (χ1n) is 8.89. The SMILES string of the molecule is CCN(C[C@H]1CCCO1)C(=O)CCc1nnc(-c2ccc(C(C)=O)s2)o1. The van der Waals surface area contributed by atoms with Crippen LogP contribution in [0.15, 0.2) is 16.5 Å². The Labute approximate surface area is 156 Å². The van der Waals surface area contributed by atoms with Crippen LogP contribution in [-0.4, -0.2) is 52.6 Å². The Bertz CT molecular complexity index is 764. The molecule has 0 saturated carbocycles. The Morgan fingerprint density at radius 1 is 1.35 bits per heavy atom. The van der Waals surface area contributed by atoms with Crippen molar-refractivity contribution >= 4 is 23.0 Å². The fourth-order valence-electron chi connectivity index (χ4n) is 2.91. The molecule has 0 radical (unpaired) electrons. The van der Waals surface area contributed by atoms with Crippen LogP contribution in [-0.2, 0) is 16.0 Å². The van der Waals surface area contributed by atoms with Gasteiger partial charge in [0.15, 0.2) is 5.78 Å². The largest absolute Gasteiger partial charge is 0.420 e. The molecule has 1 aliphatic heterocycles. The third-order valence-electron chi connectivity index (χ3n) is 4.37. The molecule has 8 heteroatoms. The summed E-state index contributed by atoms with van der Waals surface area (Å²) in [5.74, 6) is 0.895. The molecule has 0 aromatic carbocycles. The van der Waals surface area contributed by atoms with Gasteiger partial charge in [0.1, 0.15) is 0 Å². The van der Waals surface area contributed by atoms with Crippen LogP contribution >= 0.6 is 11.3 Å². The van der Waals surface area contributed by atoms with Crippen LogP contribution in [0.25, 0.3) is 10.8 Å². The lowest BCUT2D eigenvalue weighted by Crippen LogP contribution is -2.37. The second-order valence-corrected chi connectivity index (χ2v) is 7.37. The predicted molar refractivity (Wildman–Crippen MR) is 97.2 cm³/mol. The number of hydrogen-bond acceptors (Lipinski definition) is 7. The molecule has 0 spiro atoms. The third-order valence-corrected chi connectivity index (χ3v) is 5.54. The number of likely N-dealkylation sites (N-methyl/N-ethyl adjacent to an activating group) is 1. The lowest BCUT2D eigenvalue weighted by atomic mass is 10.2. The van der Waals surface area contributed by atoms with Crippen molar-refractivity contribution in [3.63, 3.8) is 0 Å². The van der Waals surface area contributed by atoms with E-state index in [-0.39, 0.29) is 17.8 Å². The van der Waals surface area contributed by atoms with Crippen molar-refractivity contribution in [2.45, 2.75) is 45.6 Å². The van der Waals surface area contributed by atoms with Crippen LogP contribution in [0.5, 0.6) is 0 Å². The topological polar surface area (TPSA) is 85.5 Å². The van der Waals surface area contributed by atoms with Crippen LogP contribution in [0, 0.1) is 0 Å². The zero-order valence-electron chi connectivity index (χ0n) is 15.1. The monoisotopic (exact) mass is 377 g/mol. The van der Waals surface area contributed by atoms with E-state index in [1.807, 2.05) is 11.8 Å². The number of amides is 1. The molecule has 3 rings (SSSR count). The molecule has 0 aliphatic carbocycles. The molecule has 0 bridgehead atoms. The summed E-state index contributed by atoms with van der Waals surface area (Å²) in [4.78, 5) is 27.1. The number of rotatable bonds is 8. The second-order valence-electron chi connectivity index (χ2n) is 6.29. The van der Waals surface area contributed by atoms with Crippen molar-refractivity contribution in [3.8, 4) is 10.8 Å². The minimum atomic E-state index is 0.0116. The number of carbonyl (C=O) groups is 2. The standard InChI is InChI=1S/C18H23N3O4S/c1-3-21(11-13-5-4-10-24-13)17(23)9-8-16-19-20-18(25-16)15-7-6-14(26-15)12(2)22/h6-7,13H,3-5,8-11H2,1-2H3/t13-/m1/s1. The van der Waals surface area contributed by atoms with Gasteiger partial charge in [-0.15, -0.1) is 21.5 Å². The minimum Gasteiger partial charge on any atom is -0.420 e. The van der Waals surface area contributed by atoms with E-state index in [1.165, 1.54) is 18.3 Å². The maximum absolute atomic E-state index is 12.4. The van der Waals surface area contributed by atoms with Crippen molar-refractivity contribution in [3.05, 3.63) is 22.9 Å². The molecular weight excluding hydrogens is 354 g/mol. The number of aromatic nitrogens is 2. The molecule has 1 saturated heterocycles. The van der Waals surface area contributed by atoms with Gasteiger partial charge in [0.25, 0.3) is 5.89 Å². The lowest BCUT2D eigenvalue weighted by molar-refractivity contribution is -0.132. The summed E-state index contributed by atoms with van der Waals surface area (Å²) in [6, 6.07) is 3.55. The summed E-state index contributed by atoms with van der Waals surface area (Å²) in [7, 11) is 0. The van der Waals surface area contributed by atoms with E-state index in [9.17, 15) is 9.59 Å². The quantitative estimate of drug-likeness (QED) is 0.658. The van der Waals surface area contributed by atoms with Crippen LogP contribution in [0.4, 0.5) is 0 Å². The lowest BCUT2D eigenvalue weighted by Gasteiger charge is -2.23. The molecule has 0 unspecified atom stereocenters. The number of nitrogens with zero attached hydrogens (tertiary/aromatic N) is 3. The number of ether oxygens (including phenoxy) is 1. The van der Waals surface area contributed by atoms with Crippen LogP contribution in [0.1, 0.15) is 48.7 Å². The van der Waals surface area contributed by atoms with E-state index >= 15 is 0 Å². The van der Waals surface area contributed by atoms with Crippen molar-refractivity contribution < 1.29 is 18.7 Å². The molecule has 1 fully saturated rings. The first-order valence-corrected chi connectivity index (χ1v) is 9.71. The van der Waals surface area contributed by atoms with Crippen molar-refractivity contribution in [2.24, 2.45) is 0 Å².